The Morgan fingerprint density at radius 2 is 1.75 bits per heavy atom. The number of carbonyl (C=O) groups excluding carboxylic acids is 1. The fraction of sp³-hybridized carbons (Fsp3) is 0.909. The predicted octanol–water partition coefficient (Wildman–Crippen LogP) is 0.463. The Morgan fingerprint density at radius 3 is 2.12 bits per heavy atom. The van der Waals surface area contributed by atoms with E-state index in [0.717, 1.165) is 0 Å². The molecule has 0 heterocycles. The summed E-state index contributed by atoms with van der Waals surface area (Å²) in [5, 5.41) is 0. The van der Waals surface area contributed by atoms with E-state index in [4.69, 9.17) is 19.9 Å². The van der Waals surface area contributed by atoms with E-state index in [1.807, 2.05) is 0 Å². The van der Waals surface area contributed by atoms with Gasteiger partial charge in [-0.3, -0.25) is 4.79 Å². The first kappa shape index (κ1) is 13.4. The highest BCUT2D eigenvalue weighted by Gasteiger charge is 2.45. The summed E-state index contributed by atoms with van der Waals surface area (Å²) in [5.41, 5.74) is 4.86. The van der Waals surface area contributed by atoms with E-state index in [1.54, 1.807) is 14.2 Å². The Kier molecular flexibility index (Phi) is 4.29. The molecule has 0 atom stereocenters. The molecule has 1 aliphatic rings. The van der Waals surface area contributed by atoms with Crippen molar-refractivity contribution in [2.24, 2.45) is 5.73 Å². The summed E-state index contributed by atoms with van der Waals surface area (Å²) in [7, 11) is 4.68. The molecule has 0 aromatic heterocycles. The lowest BCUT2D eigenvalue weighted by Crippen LogP contribution is -2.56. The van der Waals surface area contributed by atoms with Crippen molar-refractivity contribution in [2.45, 2.75) is 36.8 Å². The van der Waals surface area contributed by atoms with Gasteiger partial charge >= 0.3 is 5.97 Å². The van der Waals surface area contributed by atoms with Crippen molar-refractivity contribution in [3.8, 4) is 0 Å². The van der Waals surface area contributed by atoms with E-state index in [0.29, 0.717) is 32.3 Å². The number of ether oxygens (including phenoxy) is 3. The van der Waals surface area contributed by atoms with Crippen molar-refractivity contribution in [2.75, 3.05) is 27.9 Å². The standard InChI is InChI=1S/C11H21NO4/c1-14-8-10(16-3)4-6-11(12,7-5-10)9(13)15-2/h4-8,12H2,1-3H3. The van der Waals surface area contributed by atoms with Gasteiger partial charge in [0.05, 0.1) is 19.3 Å². The zero-order valence-corrected chi connectivity index (χ0v) is 10.2. The van der Waals surface area contributed by atoms with Crippen molar-refractivity contribution in [3.05, 3.63) is 0 Å². The maximum Gasteiger partial charge on any atom is 0.325 e. The Bertz CT molecular complexity index is 246. The van der Waals surface area contributed by atoms with Crippen LogP contribution < -0.4 is 5.73 Å². The second-order valence-electron chi connectivity index (χ2n) is 4.47. The maximum atomic E-state index is 11.5. The van der Waals surface area contributed by atoms with Crippen LogP contribution in [0.1, 0.15) is 25.7 Å². The van der Waals surface area contributed by atoms with Crippen LogP contribution in [0.3, 0.4) is 0 Å². The third-order valence-corrected chi connectivity index (χ3v) is 3.49. The van der Waals surface area contributed by atoms with Crippen LogP contribution in [0.5, 0.6) is 0 Å². The molecule has 0 aromatic rings. The van der Waals surface area contributed by atoms with Crippen LogP contribution in [0.15, 0.2) is 0 Å². The van der Waals surface area contributed by atoms with E-state index >= 15 is 0 Å². The van der Waals surface area contributed by atoms with Gasteiger partial charge in [-0.25, -0.2) is 0 Å². The third kappa shape index (κ3) is 2.53. The van der Waals surface area contributed by atoms with Crippen molar-refractivity contribution in [1.29, 1.82) is 0 Å². The fourth-order valence-electron chi connectivity index (χ4n) is 2.23. The van der Waals surface area contributed by atoms with Crippen LogP contribution in [0.2, 0.25) is 0 Å². The lowest BCUT2D eigenvalue weighted by atomic mass is 9.74. The Labute approximate surface area is 96.2 Å². The lowest BCUT2D eigenvalue weighted by Gasteiger charge is -2.41. The monoisotopic (exact) mass is 231 g/mol. The highest BCUT2D eigenvalue weighted by Crippen LogP contribution is 2.36. The number of rotatable bonds is 4. The predicted molar refractivity (Wildman–Crippen MR) is 59.0 cm³/mol. The van der Waals surface area contributed by atoms with Gasteiger partial charge in [-0.15, -0.1) is 0 Å². The molecule has 1 aliphatic carbocycles. The maximum absolute atomic E-state index is 11.5. The van der Waals surface area contributed by atoms with Crippen molar-refractivity contribution in [3.63, 3.8) is 0 Å². The Hall–Kier alpha value is -0.650. The van der Waals surface area contributed by atoms with Crippen LogP contribution in [-0.2, 0) is 19.0 Å². The fourth-order valence-corrected chi connectivity index (χ4v) is 2.23. The van der Waals surface area contributed by atoms with E-state index in [-0.39, 0.29) is 11.6 Å². The number of methoxy groups -OCH3 is 3. The van der Waals surface area contributed by atoms with Gasteiger partial charge in [0.2, 0.25) is 0 Å². The molecule has 1 rings (SSSR count). The minimum absolute atomic E-state index is 0.300. The zero-order valence-electron chi connectivity index (χ0n) is 10.2. The summed E-state index contributed by atoms with van der Waals surface area (Å²) >= 11 is 0. The summed E-state index contributed by atoms with van der Waals surface area (Å²) in [5.74, 6) is -0.338. The summed E-state index contributed by atoms with van der Waals surface area (Å²) in [6.45, 7) is 0.529. The third-order valence-electron chi connectivity index (χ3n) is 3.49. The van der Waals surface area contributed by atoms with E-state index in [1.165, 1.54) is 7.11 Å². The summed E-state index contributed by atoms with van der Waals surface area (Å²) in [4.78, 5) is 11.5. The molecule has 94 valence electrons. The Morgan fingerprint density at radius 1 is 1.19 bits per heavy atom. The van der Waals surface area contributed by atoms with Crippen LogP contribution in [0.25, 0.3) is 0 Å². The first-order chi connectivity index (χ1) is 7.52. The second-order valence-corrected chi connectivity index (χ2v) is 4.47. The van der Waals surface area contributed by atoms with Crippen molar-refractivity contribution >= 4 is 5.97 Å². The first-order valence-corrected chi connectivity index (χ1v) is 5.43. The smallest absolute Gasteiger partial charge is 0.325 e. The van der Waals surface area contributed by atoms with Gasteiger partial charge in [0, 0.05) is 14.2 Å². The van der Waals surface area contributed by atoms with Gasteiger partial charge in [0.15, 0.2) is 0 Å². The van der Waals surface area contributed by atoms with E-state index in [2.05, 4.69) is 0 Å². The van der Waals surface area contributed by atoms with Gasteiger partial charge in [0.25, 0.3) is 0 Å². The molecule has 0 spiro atoms. The first-order valence-electron chi connectivity index (χ1n) is 5.43. The molecule has 0 radical (unpaired) electrons. The summed E-state index contributed by atoms with van der Waals surface area (Å²) in [6, 6.07) is 0. The van der Waals surface area contributed by atoms with Crippen molar-refractivity contribution in [1.82, 2.24) is 0 Å². The van der Waals surface area contributed by atoms with Crippen LogP contribution >= 0.6 is 0 Å². The largest absolute Gasteiger partial charge is 0.468 e. The van der Waals surface area contributed by atoms with Gasteiger partial charge in [-0.1, -0.05) is 0 Å². The molecule has 0 bridgehead atoms. The molecule has 1 saturated carbocycles. The normalized spacial score (nSPS) is 34.8. The molecular weight excluding hydrogens is 210 g/mol. The average molecular weight is 231 g/mol. The molecular formula is C11H21NO4. The minimum Gasteiger partial charge on any atom is -0.468 e. The minimum atomic E-state index is -0.857. The van der Waals surface area contributed by atoms with Gasteiger partial charge in [-0.05, 0) is 25.7 Å². The Balaban J connectivity index is 2.64. The molecule has 2 N–H and O–H groups in total. The number of carbonyl (C=O) groups is 1. The van der Waals surface area contributed by atoms with E-state index < -0.39 is 5.54 Å². The van der Waals surface area contributed by atoms with Gasteiger partial charge in [-0.2, -0.15) is 0 Å². The summed E-state index contributed by atoms with van der Waals surface area (Å²) in [6.07, 6.45) is 2.56. The molecule has 0 aliphatic heterocycles. The van der Waals surface area contributed by atoms with E-state index in [9.17, 15) is 4.79 Å². The molecule has 1 fully saturated rings. The quantitative estimate of drug-likeness (QED) is 0.712. The number of hydrogen-bond donors (Lipinski definition) is 1. The number of esters is 1. The zero-order chi connectivity index (χ0) is 12.2. The molecule has 0 saturated heterocycles. The molecule has 0 amide bonds. The number of hydrogen-bond acceptors (Lipinski definition) is 5. The molecule has 0 aromatic carbocycles. The average Bonchev–Trinajstić information content (AvgIpc) is 2.32. The molecule has 5 nitrogen and oxygen atoms in total. The SMILES string of the molecule is COCC1(OC)CCC(N)(C(=O)OC)CC1. The molecule has 5 heteroatoms. The van der Waals surface area contributed by atoms with Crippen LogP contribution in [0.4, 0.5) is 0 Å². The van der Waals surface area contributed by atoms with Crippen LogP contribution in [0, 0.1) is 0 Å². The summed E-state index contributed by atoms with van der Waals surface area (Å²) < 4.78 is 15.4. The van der Waals surface area contributed by atoms with Gasteiger partial charge < -0.3 is 19.9 Å². The number of nitrogens with two attached hydrogens (primary N) is 1. The highest BCUT2D eigenvalue weighted by atomic mass is 16.5. The second kappa shape index (κ2) is 5.12. The lowest BCUT2D eigenvalue weighted by molar-refractivity contribution is -0.153. The molecule has 16 heavy (non-hydrogen) atoms. The topological polar surface area (TPSA) is 70.8 Å². The van der Waals surface area contributed by atoms with Crippen molar-refractivity contribution < 1.29 is 19.0 Å². The van der Waals surface area contributed by atoms with Gasteiger partial charge in [0.1, 0.15) is 5.54 Å². The highest BCUT2D eigenvalue weighted by molar-refractivity contribution is 5.80. The van der Waals surface area contributed by atoms with Crippen LogP contribution in [-0.4, -0.2) is 45.0 Å². The molecule has 0 unspecified atom stereocenters.